The number of halogens is 13. The molecule has 0 fully saturated rings. The van der Waals surface area contributed by atoms with E-state index in [9.17, 15) is 61.9 Å². The molecular formula is C12H12F13NO3. The van der Waals surface area contributed by atoms with Crippen molar-refractivity contribution in [2.24, 2.45) is 0 Å². The summed E-state index contributed by atoms with van der Waals surface area (Å²) in [5, 5.41) is 19.0. The number of carbonyl (C=O) groups is 1. The Morgan fingerprint density at radius 1 is 0.793 bits per heavy atom. The van der Waals surface area contributed by atoms with E-state index in [0.29, 0.717) is 0 Å². The summed E-state index contributed by atoms with van der Waals surface area (Å²) in [5.74, 6) is -40.1. The van der Waals surface area contributed by atoms with Gasteiger partial charge in [-0.2, -0.15) is 57.1 Å². The topological polar surface area (TPSA) is 69.6 Å². The summed E-state index contributed by atoms with van der Waals surface area (Å²) in [6.07, 6.45) is -12.1. The Labute approximate surface area is 152 Å². The molecule has 0 aliphatic rings. The molecule has 0 saturated carbocycles. The van der Waals surface area contributed by atoms with E-state index in [4.69, 9.17) is 10.2 Å². The Kier molecular flexibility index (Phi) is 7.54. The van der Waals surface area contributed by atoms with E-state index in [1.54, 1.807) is 0 Å². The predicted octanol–water partition coefficient (Wildman–Crippen LogP) is 3.54. The zero-order valence-electron chi connectivity index (χ0n) is 13.8. The highest BCUT2D eigenvalue weighted by Gasteiger charge is 2.91. The van der Waals surface area contributed by atoms with Crippen LogP contribution in [0.25, 0.3) is 0 Å². The van der Waals surface area contributed by atoms with Gasteiger partial charge >= 0.3 is 41.8 Å². The van der Waals surface area contributed by atoms with E-state index in [1.807, 2.05) is 0 Å². The number of carboxylic acid groups (broad SMARTS) is 1. The van der Waals surface area contributed by atoms with Crippen LogP contribution in [0.15, 0.2) is 0 Å². The van der Waals surface area contributed by atoms with Crippen LogP contribution in [0.3, 0.4) is 0 Å². The zero-order chi connectivity index (χ0) is 23.9. The Bertz CT molecular complexity index is 590. The molecule has 0 saturated heterocycles. The number of aliphatic hydroxyl groups excluding tert-OH is 1. The van der Waals surface area contributed by atoms with Crippen molar-refractivity contribution >= 4 is 5.97 Å². The quantitative estimate of drug-likeness (QED) is 0.432. The van der Waals surface area contributed by atoms with Gasteiger partial charge in [-0.05, 0) is 6.42 Å². The SMILES string of the molecule is CC[C@H](NC[C@H](O)C(F)(F)C(F)(F)C(F)(F)C(F)(F)C(F)(F)C(F)(F)F)C(=O)O. The Morgan fingerprint density at radius 3 is 1.48 bits per heavy atom. The largest absolute Gasteiger partial charge is 0.480 e. The van der Waals surface area contributed by atoms with E-state index in [-0.39, 0.29) is 0 Å². The molecule has 29 heavy (non-hydrogen) atoms. The van der Waals surface area contributed by atoms with Crippen LogP contribution in [0.5, 0.6) is 0 Å². The maximum absolute atomic E-state index is 13.5. The third kappa shape index (κ3) is 4.34. The standard InChI is InChI=1S/C12H12F13NO3/c1-2-4(6(28)29)26-3-5(27)7(13,14)8(15,16)9(17,18)10(19,20)11(21,22)12(23,24)25/h4-5,26-27H,2-3H2,1H3,(H,28,29)/t4-,5-/m0/s1. The summed E-state index contributed by atoms with van der Waals surface area (Å²) in [6.45, 7) is -0.858. The number of aliphatic carboxylic acids is 1. The molecule has 4 nitrogen and oxygen atoms in total. The van der Waals surface area contributed by atoms with Gasteiger partial charge in [0.05, 0.1) is 0 Å². The second-order valence-electron chi connectivity index (χ2n) is 5.64. The third-order valence-corrected chi connectivity index (χ3v) is 3.64. The van der Waals surface area contributed by atoms with Crippen LogP contribution in [-0.2, 0) is 4.79 Å². The molecule has 17 heteroatoms. The fourth-order valence-electron chi connectivity index (χ4n) is 1.78. The maximum Gasteiger partial charge on any atom is 0.460 e. The summed E-state index contributed by atoms with van der Waals surface area (Å²) in [5.41, 5.74) is 0. The summed E-state index contributed by atoms with van der Waals surface area (Å²) in [7, 11) is 0. The van der Waals surface area contributed by atoms with Gasteiger partial charge in [-0.3, -0.25) is 4.79 Å². The van der Waals surface area contributed by atoms with Crippen molar-refractivity contribution < 1.29 is 72.1 Å². The van der Waals surface area contributed by atoms with Gasteiger partial charge in [0.15, 0.2) is 0 Å². The van der Waals surface area contributed by atoms with Crippen LogP contribution < -0.4 is 5.32 Å². The minimum absolute atomic E-state index is 0.434. The van der Waals surface area contributed by atoms with Crippen LogP contribution >= 0.6 is 0 Å². The number of hydrogen-bond acceptors (Lipinski definition) is 3. The number of rotatable bonds is 10. The molecule has 0 aliphatic heterocycles. The molecular weight excluding hydrogens is 453 g/mol. The van der Waals surface area contributed by atoms with Gasteiger partial charge in [0.1, 0.15) is 12.1 Å². The molecule has 3 N–H and O–H groups in total. The molecule has 0 bridgehead atoms. The van der Waals surface area contributed by atoms with Crippen LogP contribution in [-0.4, -0.2) is 70.7 Å². The minimum atomic E-state index is -8.06. The molecule has 0 heterocycles. The average Bonchev–Trinajstić information content (AvgIpc) is 2.52. The van der Waals surface area contributed by atoms with Gasteiger partial charge in [-0.15, -0.1) is 0 Å². The number of aliphatic hydroxyl groups is 1. The van der Waals surface area contributed by atoms with Crippen molar-refractivity contribution in [1.82, 2.24) is 5.32 Å². The molecule has 0 radical (unpaired) electrons. The van der Waals surface area contributed by atoms with Crippen molar-refractivity contribution in [3.8, 4) is 0 Å². The van der Waals surface area contributed by atoms with Gasteiger partial charge in [0.25, 0.3) is 0 Å². The zero-order valence-corrected chi connectivity index (χ0v) is 13.8. The first-order chi connectivity index (χ1) is 12.5. The fourth-order valence-corrected chi connectivity index (χ4v) is 1.78. The summed E-state index contributed by atoms with van der Waals surface area (Å²) in [4.78, 5) is 10.6. The van der Waals surface area contributed by atoms with E-state index in [1.165, 1.54) is 5.32 Å². The molecule has 0 aromatic carbocycles. The second kappa shape index (κ2) is 7.96. The lowest BCUT2D eigenvalue weighted by Gasteiger charge is -2.40. The van der Waals surface area contributed by atoms with E-state index in [2.05, 4.69) is 0 Å². The predicted molar refractivity (Wildman–Crippen MR) is 66.5 cm³/mol. The Morgan fingerprint density at radius 2 is 1.17 bits per heavy atom. The maximum atomic E-state index is 13.5. The van der Waals surface area contributed by atoms with E-state index >= 15 is 0 Å². The summed E-state index contributed by atoms with van der Waals surface area (Å²) in [6, 6.07) is -1.81. The van der Waals surface area contributed by atoms with Crippen LogP contribution in [0.4, 0.5) is 57.1 Å². The van der Waals surface area contributed by atoms with Gasteiger partial charge in [0, 0.05) is 6.54 Å². The smallest absolute Gasteiger partial charge is 0.460 e. The van der Waals surface area contributed by atoms with Crippen molar-refractivity contribution in [3.63, 3.8) is 0 Å². The van der Waals surface area contributed by atoms with Crippen molar-refractivity contribution in [2.45, 2.75) is 61.3 Å². The van der Waals surface area contributed by atoms with Crippen molar-refractivity contribution in [1.29, 1.82) is 0 Å². The highest BCUT2D eigenvalue weighted by molar-refractivity contribution is 5.73. The van der Waals surface area contributed by atoms with Crippen LogP contribution in [0.2, 0.25) is 0 Å². The number of carboxylic acids is 1. The number of alkyl halides is 13. The summed E-state index contributed by atoms with van der Waals surface area (Å²) < 4.78 is 168. The lowest BCUT2D eigenvalue weighted by molar-refractivity contribution is -0.444. The molecule has 0 aromatic heterocycles. The lowest BCUT2D eigenvalue weighted by atomic mass is 9.91. The van der Waals surface area contributed by atoms with Crippen molar-refractivity contribution in [2.75, 3.05) is 6.54 Å². The van der Waals surface area contributed by atoms with Gasteiger partial charge in [0.2, 0.25) is 0 Å². The van der Waals surface area contributed by atoms with Gasteiger partial charge in [-0.1, -0.05) is 6.92 Å². The highest BCUT2D eigenvalue weighted by Crippen LogP contribution is 2.60. The molecule has 0 amide bonds. The molecule has 0 unspecified atom stereocenters. The van der Waals surface area contributed by atoms with E-state index in [0.717, 1.165) is 6.92 Å². The van der Waals surface area contributed by atoms with E-state index < -0.39 is 66.9 Å². The Balaban J connectivity index is 6.00. The molecule has 0 aromatic rings. The fraction of sp³-hybridized carbons (Fsp3) is 0.917. The number of hydrogen-bond donors (Lipinski definition) is 3. The minimum Gasteiger partial charge on any atom is -0.480 e. The molecule has 0 rings (SSSR count). The Hall–Kier alpha value is -1.52. The third-order valence-electron chi connectivity index (χ3n) is 3.64. The van der Waals surface area contributed by atoms with Gasteiger partial charge in [-0.25, -0.2) is 0 Å². The molecule has 0 spiro atoms. The summed E-state index contributed by atoms with van der Waals surface area (Å²) >= 11 is 0. The average molecular weight is 465 g/mol. The van der Waals surface area contributed by atoms with Gasteiger partial charge < -0.3 is 15.5 Å². The molecule has 2 atom stereocenters. The number of nitrogens with one attached hydrogen (secondary N) is 1. The molecule has 0 aliphatic carbocycles. The van der Waals surface area contributed by atoms with Crippen LogP contribution in [0, 0.1) is 0 Å². The first-order valence-corrected chi connectivity index (χ1v) is 7.14. The van der Waals surface area contributed by atoms with Crippen molar-refractivity contribution in [3.05, 3.63) is 0 Å². The monoisotopic (exact) mass is 465 g/mol. The highest BCUT2D eigenvalue weighted by atomic mass is 19.4. The normalized spacial score (nSPS) is 17.2. The lowest BCUT2D eigenvalue weighted by Crippen LogP contribution is -2.72. The first-order valence-electron chi connectivity index (χ1n) is 7.14. The molecule has 174 valence electrons. The first kappa shape index (κ1) is 27.5. The second-order valence-corrected chi connectivity index (χ2v) is 5.64. The van der Waals surface area contributed by atoms with Crippen LogP contribution in [0.1, 0.15) is 13.3 Å².